The molecule has 3 rings (SSSR count). The number of rotatable bonds is 10. The molecule has 2 amide bonds. The van der Waals surface area contributed by atoms with E-state index in [0.717, 1.165) is 23.2 Å². The normalized spacial score (nSPS) is 12.6. The summed E-state index contributed by atoms with van der Waals surface area (Å²) in [4.78, 5) is 31.0. The van der Waals surface area contributed by atoms with Crippen molar-refractivity contribution in [3.63, 3.8) is 0 Å². The van der Waals surface area contributed by atoms with Gasteiger partial charge >= 0.3 is 0 Å². The van der Waals surface area contributed by atoms with Crippen LogP contribution in [-0.2, 0) is 11.3 Å². The van der Waals surface area contributed by atoms with Gasteiger partial charge in [-0.1, -0.05) is 74.8 Å². The highest BCUT2D eigenvalue weighted by Gasteiger charge is 2.30. The third kappa shape index (κ3) is 6.92. The summed E-state index contributed by atoms with van der Waals surface area (Å²) < 4.78 is 0. The van der Waals surface area contributed by atoms with Gasteiger partial charge in [0.1, 0.15) is 0 Å². The Morgan fingerprint density at radius 1 is 0.919 bits per heavy atom. The zero-order chi connectivity index (χ0) is 27.1. The van der Waals surface area contributed by atoms with E-state index in [4.69, 9.17) is 11.6 Å². The zero-order valence-electron chi connectivity index (χ0n) is 22.7. The average Bonchev–Trinajstić information content (AvgIpc) is 2.88. The minimum absolute atomic E-state index is 0.0293. The molecule has 6 heteroatoms. The lowest BCUT2D eigenvalue weighted by molar-refractivity contribution is -0.136. The van der Waals surface area contributed by atoms with E-state index in [1.165, 1.54) is 0 Å². The van der Waals surface area contributed by atoms with Crippen LogP contribution in [0.25, 0.3) is 0 Å². The van der Waals surface area contributed by atoms with Crippen molar-refractivity contribution in [2.24, 2.45) is 5.92 Å². The molecule has 0 saturated heterocycles. The van der Waals surface area contributed by atoms with Crippen molar-refractivity contribution in [3.05, 3.63) is 94.5 Å². The van der Waals surface area contributed by atoms with E-state index in [1.54, 1.807) is 24.3 Å². The van der Waals surface area contributed by atoms with Crippen LogP contribution in [0.4, 0.5) is 11.4 Å². The molecule has 0 spiro atoms. The summed E-state index contributed by atoms with van der Waals surface area (Å²) in [5, 5.41) is 3.38. The lowest BCUT2D eigenvalue weighted by Crippen LogP contribution is -2.43. The summed E-state index contributed by atoms with van der Waals surface area (Å²) in [6.45, 7) is 8.89. The number of halogens is 1. The Balaban J connectivity index is 1.97. The predicted octanol–water partition coefficient (Wildman–Crippen LogP) is 7.23. The van der Waals surface area contributed by atoms with Gasteiger partial charge in [0, 0.05) is 38.1 Å². The molecule has 2 atom stereocenters. The summed E-state index contributed by atoms with van der Waals surface area (Å²) in [6.07, 6.45) is 0.721. The first kappa shape index (κ1) is 28.3. The highest BCUT2D eigenvalue weighted by molar-refractivity contribution is 6.34. The van der Waals surface area contributed by atoms with Gasteiger partial charge < -0.3 is 15.1 Å². The molecule has 3 aromatic carbocycles. The number of carbonyl (C=O) groups is 2. The predicted molar refractivity (Wildman–Crippen MR) is 154 cm³/mol. The van der Waals surface area contributed by atoms with Crippen LogP contribution >= 0.6 is 11.6 Å². The topological polar surface area (TPSA) is 52.7 Å². The van der Waals surface area contributed by atoms with Crippen molar-refractivity contribution >= 4 is 34.8 Å². The van der Waals surface area contributed by atoms with Gasteiger partial charge in [0.25, 0.3) is 5.91 Å². The molecule has 2 unspecified atom stereocenters. The molecule has 0 saturated carbocycles. The number of amides is 2. The fourth-order valence-electron chi connectivity index (χ4n) is 4.47. The Bertz CT molecular complexity index is 1210. The third-order valence-electron chi connectivity index (χ3n) is 6.93. The zero-order valence-corrected chi connectivity index (χ0v) is 23.4. The molecule has 0 aliphatic carbocycles. The largest absolute Gasteiger partial charge is 0.377 e. The maximum absolute atomic E-state index is 14.0. The SMILES string of the molecule is CCC(C(=O)N(Cc1cc(NC(=O)c2ccccc2Cl)ccc1N(C)C)C(C)C(C)C)c1ccccc1. The number of carbonyl (C=O) groups excluding carboxylic acids is 2. The highest BCUT2D eigenvalue weighted by Crippen LogP contribution is 2.30. The summed E-state index contributed by atoms with van der Waals surface area (Å²) in [6, 6.07) is 22.8. The van der Waals surface area contributed by atoms with E-state index >= 15 is 0 Å². The number of hydrogen-bond acceptors (Lipinski definition) is 3. The summed E-state index contributed by atoms with van der Waals surface area (Å²) in [5.41, 5.74) is 4.07. The molecule has 0 aromatic heterocycles. The van der Waals surface area contributed by atoms with E-state index in [2.05, 4.69) is 33.0 Å². The number of benzene rings is 3. The quantitative estimate of drug-likeness (QED) is 0.307. The minimum Gasteiger partial charge on any atom is -0.377 e. The van der Waals surface area contributed by atoms with Gasteiger partial charge in [-0.25, -0.2) is 0 Å². The first-order valence-corrected chi connectivity index (χ1v) is 13.2. The molecule has 0 radical (unpaired) electrons. The third-order valence-corrected chi connectivity index (χ3v) is 7.26. The Labute approximate surface area is 226 Å². The number of nitrogens with zero attached hydrogens (tertiary/aromatic N) is 2. The van der Waals surface area contributed by atoms with Crippen molar-refractivity contribution in [1.29, 1.82) is 0 Å². The van der Waals surface area contributed by atoms with E-state index in [1.807, 2.05) is 72.4 Å². The Kier molecular flexibility index (Phi) is 9.76. The van der Waals surface area contributed by atoms with Crippen molar-refractivity contribution in [2.75, 3.05) is 24.3 Å². The van der Waals surface area contributed by atoms with Crippen LogP contribution in [0, 0.1) is 5.92 Å². The average molecular weight is 520 g/mol. The van der Waals surface area contributed by atoms with E-state index in [9.17, 15) is 9.59 Å². The van der Waals surface area contributed by atoms with Crippen molar-refractivity contribution in [3.8, 4) is 0 Å². The van der Waals surface area contributed by atoms with Crippen LogP contribution in [0.15, 0.2) is 72.8 Å². The molecule has 0 aliphatic heterocycles. The molecular weight excluding hydrogens is 482 g/mol. The molecule has 0 aliphatic rings. The fraction of sp³-hybridized carbons (Fsp3) is 0.355. The van der Waals surface area contributed by atoms with E-state index in [0.29, 0.717) is 22.8 Å². The fourth-order valence-corrected chi connectivity index (χ4v) is 4.70. The molecule has 196 valence electrons. The van der Waals surface area contributed by atoms with E-state index in [-0.39, 0.29) is 29.7 Å². The Morgan fingerprint density at radius 3 is 2.16 bits per heavy atom. The van der Waals surface area contributed by atoms with Crippen molar-refractivity contribution in [2.45, 2.75) is 52.6 Å². The standard InChI is InChI=1S/C31H38ClN3O2/c1-7-26(23-13-9-8-10-14-23)31(37)35(22(4)21(2)3)20-24-19-25(17-18-29(24)34(5)6)33-30(36)27-15-11-12-16-28(27)32/h8-19,21-22,26H,7,20H2,1-6H3,(H,33,36). The number of anilines is 2. The van der Waals surface area contributed by atoms with E-state index < -0.39 is 0 Å². The molecule has 37 heavy (non-hydrogen) atoms. The van der Waals surface area contributed by atoms with Crippen LogP contribution in [0.2, 0.25) is 5.02 Å². The van der Waals surface area contributed by atoms with Crippen LogP contribution in [-0.4, -0.2) is 36.9 Å². The molecule has 0 bridgehead atoms. The van der Waals surface area contributed by atoms with Crippen molar-refractivity contribution in [1.82, 2.24) is 4.90 Å². The second kappa shape index (κ2) is 12.8. The van der Waals surface area contributed by atoms with Gasteiger partial charge in [-0.2, -0.15) is 0 Å². The van der Waals surface area contributed by atoms with Crippen LogP contribution < -0.4 is 10.2 Å². The smallest absolute Gasteiger partial charge is 0.257 e. The van der Waals surface area contributed by atoms with Crippen LogP contribution in [0.5, 0.6) is 0 Å². The Hall–Kier alpha value is -3.31. The van der Waals surface area contributed by atoms with Gasteiger partial charge in [-0.15, -0.1) is 0 Å². The van der Waals surface area contributed by atoms with Crippen LogP contribution in [0.1, 0.15) is 61.5 Å². The number of hydrogen-bond donors (Lipinski definition) is 1. The maximum atomic E-state index is 14.0. The minimum atomic E-state index is -0.271. The molecule has 5 nitrogen and oxygen atoms in total. The van der Waals surface area contributed by atoms with Gasteiger partial charge in [-0.05, 0) is 60.7 Å². The Morgan fingerprint density at radius 2 is 1.57 bits per heavy atom. The van der Waals surface area contributed by atoms with Crippen LogP contribution in [0.3, 0.4) is 0 Å². The summed E-state index contributed by atoms with van der Waals surface area (Å²) in [5.74, 6) is -0.0886. The first-order valence-electron chi connectivity index (χ1n) is 12.9. The molecule has 0 fully saturated rings. The highest BCUT2D eigenvalue weighted by atomic mass is 35.5. The van der Waals surface area contributed by atoms with Gasteiger partial charge in [-0.3, -0.25) is 9.59 Å². The maximum Gasteiger partial charge on any atom is 0.257 e. The summed E-state index contributed by atoms with van der Waals surface area (Å²) in [7, 11) is 3.97. The van der Waals surface area contributed by atoms with Crippen molar-refractivity contribution < 1.29 is 9.59 Å². The first-order chi connectivity index (χ1) is 17.6. The molecule has 1 N–H and O–H groups in total. The molecule has 3 aromatic rings. The second-order valence-electron chi connectivity index (χ2n) is 9.99. The molecular formula is C31H38ClN3O2. The monoisotopic (exact) mass is 519 g/mol. The van der Waals surface area contributed by atoms with Gasteiger partial charge in [0.15, 0.2) is 0 Å². The molecule has 0 heterocycles. The number of nitrogens with one attached hydrogen (secondary N) is 1. The van der Waals surface area contributed by atoms with Gasteiger partial charge in [0.2, 0.25) is 5.91 Å². The summed E-state index contributed by atoms with van der Waals surface area (Å²) >= 11 is 6.23. The lowest BCUT2D eigenvalue weighted by atomic mass is 9.92. The van der Waals surface area contributed by atoms with Gasteiger partial charge in [0.05, 0.1) is 16.5 Å². The second-order valence-corrected chi connectivity index (χ2v) is 10.4. The lowest BCUT2D eigenvalue weighted by Gasteiger charge is -2.36.